The number of nitrogens with one attached hydrogen (secondary N) is 2. The highest BCUT2D eigenvalue weighted by molar-refractivity contribution is 6.13. The van der Waals surface area contributed by atoms with Gasteiger partial charge in [-0.2, -0.15) is 0 Å². The Labute approximate surface area is 219 Å². The highest BCUT2D eigenvalue weighted by Gasteiger charge is 2.45. The first-order valence-corrected chi connectivity index (χ1v) is 13.2. The van der Waals surface area contributed by atoms with Gasteiger partial charge in [0.2, 0.25) is 11.8 Å². The van der Waals surface area contributed by atoms with Crippen LogP contribution in [0.4, 0.5) is 0 Å². The third-order valence-corrected chi connectivity index (χ3v) is 8.49. The molecule has 0 unspecified atom stereocenters. The first-order valence-electron chi connectivity index (χ1n) is 13.2. The summed E-state index contributed by atoms with van der Waals surface area (Å²) in [5, 5.41) is 7.09. The summed E-state index contributed by atoms with van der Waals surface area (Å²) in [5.41, 5.74) is 7.51. The second-order valence-electron chi connectivity index (χ2n) is 10.5. The minimum atomic E-state index is -0.595. The zero-order valence-electron chi connectivity index (χ0n) is 20.7. The van der Waals surface area contributed by atoms with Crippen LogP contribution in [0, 0.1) is 0 Å². The number of aryl methyl sites for hydroxylation is 2. The number of rotatable bonds is 3. The molecule has 4 aromatic carbocycles. The number of amides is 2. The van der Waals surface area contributed by atoms with Crippen LogP contribution in [0.25, 0.3) is 43.7 Å². The summed E-state index contributed by atoms with van der Waals surface area (Å²) in [7, 11) is 0. The molecule has 2 N–H and O–H groups in total. The molecule has 8 rings (SSSR count). The van der Waals surface area contributed by atoms with Crippen LogP contribution < -0.4 is 5.32 Å². The number of H-pyrrole nitrogens is 1. The summed E-state index contributed by atoms with van der Waals surface area (Å²) in [5.74, 6) is -1.62. The van der Waals surface area contributed by atoms with E-state index in [2.05, 4.69) is 99.9 Å². The number of carbonyl (C=O) groups is 2. The van der Waals surface area contributed by atoms with Gasteiger partial charge < -0.3 is 9.55 Å². The van der Waals surface area contributed by atoms with E-state index >= 15 is 0 Å². The van der Waals surface area contributed by atoms with Crippen molar-refractivity contribution in [2.24, 2.45) is 0 Å². The molecule has 1 saturated heterocycles. The van der Waals surface area contributed by atoms with E-state index in [4.69, 9.17) is 0 Å². The Hall–Kier alpha value is -4.64. The SMILES string of the molecule is O=C1NC(=O)[C@@H](c2cn3c4c(cccc24)CCC3)[C@@H]1c1c[nH]c2ccc(-c3cccc4ccccc34)cc12. The van der Waals surface area contributed by atoms with Crippen molar-refractivity contribution in [3.05, 3.63) is 108 Å². The quantitative estimate of drug-likeness (QED) is 0.279. The van der Waals surface area contributed by atoms with Crippen molar-refractivity contribution in [3.63, 3.8) is 0 Å². The van der Waals surface area contributed by atoms with Gasteiger partial charge in [-0.15, -0.1) is 0 Å². The number of fused-ring (bicyclic) bond motifs is 2. The van der Waals surface area contributed by atoms with Gasteiger partial charge in [0.15, 0.2) is 0 Å². The lowest BCUT2D eigenvalue weighted by Gasteiger charge is -2.15. The minimum Gasteiger partial charge on any atom is -0.361 e. The number of carbonyl (C=O) groups excluding carboxylic acids is 2. The van der Waals surface area contributed by atoms with Crippen LogP contribution in [0.15, 0.2) is 91.3 Å². The summed E-state index contributed by atoms with van der Waals surface area (Å²) in [6.07, 6.45) is 6.15. The first-order chi connectivity index (χ1) is 18.7. The van der Waals surface area contributed by atoms with Gasteiger partial charge in [-0.1, -0.05) is 66.7 Å². The number of nitrogens with zero attached hydrogens (tertiary/aromatic N) is 1. The third kappa shape index (κ3) is 2.99. The molecule has 2 aliphatic rings. The molecular formula is C33H25N3O2. The molecule has 1 fully saturated rings. The monoisotopic (exact) mass is 495 g/mol. The third-order valence-electron chi connectivity index (χ3n) is 8.49. The van der Waals surface area contributed by atoms with Crippen molar-refractivity contribution in [2.45, 2.75) is 31.2 Å². The van der Waals surface area contributed by atoms with Crippen molar-refractivity contribution in [2.75, 3.05) is 0 Å². The summed E-state index contributed by atoms with van der Waals surface area (Å²) < 4.78 is 2.27. The van der Waals surface area contributed by atoms with Gasteiger partial charge in [0.25, 0.3) is 0 Å². The van der Waals surface area contributed by atoms with Gasteiger partial charge in [-0.05, 0) is 63.6 Å². The minimum absolute atomic E-state index is 0.219. The van der Waals surface area contributed by atoms with Crippen molar-refractivity contribution in [1.29, 1.82) is 0 Å². The van der Waals surface area contributed by atoms with Crippen LogP contribution in [0.1, 0.15) is 34.9 Å². The summed E-state index contributed by atoms with van der Waals surface area (Å²) >= 11 is 0. The molecule has 0 spiro atoms. The van der Waals surface area contributed by atoms with Crippen LogP contribution in [0.2, 0.25) is 0 Å². The van der Waals surface area contributed by atoms with Gasteiger partial charge in [-0.25, -0.2) is 0 Å². The lowest BCUT2D eigenvalue weighted by molar-refractivity contribution is -0.125. The van der Waals surface area contributed by atoms with Gasteiger partial charge in [0, 0.05) is 35.2 Å². The number of benzene rings is 4. The summed E-state index contributed by atoms with van der Waals surface area (Å²) in [6, 6.07) is 27.4. The molecular weight excluding hydrogens is 470 g/mol. The van der Waals surface area contributed by atoms with E-state index in [1.54, 1.807) is 0 Å². The molecule has 6 aromatic rings. The summed E-state index contributed by atoms with van der Waals surface area (Å²) in [6.45, 7) is 0.932. The fraction of sp³-hybridized carbons (Fsp3) is 0.152. The normalized spacial score (nSPS) is 19.1. The fourth-order valence-corrected chi connectivity index (χ4v) is 6.80. The van der Waals surface area contributed by atoms with E-state index in [0.29, 0.717) is 0 Å². The van der Waals surface area contributed by atoms with Crippen molar-refractivity contribution in [1.82, 2.24) is 14.9 Å². The van der Waals surface area contributed by atoms with E-state index < -0.39 is 11.8 Å². The molecule has 2 aromatic heterocycles. The van der Waals surface area contributed by atoms with Crippen LogP contribution in [0.5, 0.6) is 0 Å². The van der Waals surface area contributed by atoms with Gasteiger partial charge in [0.05, 0.1) is 17.4 Å². The van der Waals surface area contributed by atoms with Gasteiger partial charge in [0.1, 0.15) is 0 Å². The maximum Gasteiger partial charge on any atom is 0.235 e. The molecule has 0 bridgehead atoms. The molecule has 38 heavy (non-hydrogen) atoms. The van der Waals surface area contributed by atoms with Crippen molar-refractivity contribution in [3.8, 4) is 11.1 Å². The molecule has 4 heterocycles. The molecule has 0 saturated carbocycles. The molecule has 2 amide bonds. The summed E-state index contributed by atoms with van der Waals surface area (Å²) in [4.78, 5) is 30.1. The topological polar surface area (TPSA) is 66.9 Å². The van der Waals surface area contributed by atoms with Gasteiger partial charge >= 0.3 is 0 Å². The number of para-hydroxylation sites is 1. The molecule has 2 atom stereocenters. The predicted molar refractivity (Wildman–Crippen MR) is 150 cm³/mol. The van der Waals surface area contributed by atoms with E-state index in [1.165, 1.54) is 21.9 Å². The fourth-order valence-electron chi connectivity index (χ4n) is 6.80. The number of imide groups is 1. The lowest BCUT2D eigenvalue weighted by Crippen LogP contribution is -2.21. The lowest BCUT2D eigenvalue weighted by atomic mass is 9.82. The van der Waals surface area contributed by atoms with Crippen LogP contribution in [0.3, 0.4) is 0 Å². The predicted octanol–water partition coefficient (Wildman–Crippen LogP) is 6.41. The number of aromatic amines is 1. The molecule has 5 heteroatoms. The maximum absolute atomic E-state index is 13.4. The zero-order valence-corrected chi connectivity index (χ0v) is 20.7. The van der Waals surface area contributed by atoms with E-state index in [-0.39, 0.29) is 11.8 Å². The standard InChI is InChI=1S/C33H25N3O2/c37-32-29(30(33(38)35-32)27-18-36-15-5-9-20-8-4-12-24(27)31(20)36)26-17-34-28-14-13-21(16-25(26)28)23-11-3-7-19-6-1-2-10-22(19)23/h1-4,6-8,10-14,16-18,29-30,34H,5,9,15H2,(H,35,37,38)/t29-,30-/m0/s1. The maximum atomic E-state index is 13.4. The number of hydrogen-bond acceptors (Lipinski definition) is 2. The highest BCUT2D eigenvalue weighted by atomic mass is 16.2. The second kappa shape index (κ2) is 7.93. The Kier molecular flexibility index (Phi) is 4.47. The largest absolute Gasteiger partial charge is 0.361 e. The molecule has 0 radical (unpaired) electrons. The van der Waals surface area contributed by atoms with Crippen LogP contribution in [-0.4, -0.2) is 21.4 Å². The zero-order chi connectivity index (χ0) is 25.4. The Morgan fingerprint density at radius 3 is 2.47 bits per heavy atom. The molecule has 0 aliphatic carbocycles. The van der Waals surface area contributed by atoms with E-state index in [1.807, 2.05) is 6.20 Å². The highest BCUT2D eigenvalue weighted by Crippen LogP contribution is 2.45. The molecule has 2 aliphatic heterocycles. The van der Waals surface area contributed by atoms with E-state index in [9.17, 15) is 9.59 Å². The van der Waals surface area contributed by atoms with Crippen LogP contribution >= 0.6 is 0 Å². The average Bonchev–Trinajstić information content (AvgIpc) is 3.61. The Bertz CT molecular complexity index is 1940. The Morgan fingerprint density at radius 1 is 0.763 bits per heavy atom. The average molecular weight is 496 g/mol. The Morgan fingerprint density at radius 2 is 1.55 bits per heavy atom. The van der Waals surface area contributed by atoms with Crippen molar-refractivity contribution >= 4 is 44.4 Å². The van der Waals surface area contributed by atoms with E-state index in [0.717, 1.165) is 57.9 Å². The number of aromatic nitrogens is 2. The Balaban J connectivity index is 1.30. The van der Waals surface area contributed by atoms with Crippen LogP contribution in [-0.2, 0) is 22.6 Å². The molecule has 184 valence electrons. The second-order valence-corrected chi connectivity index (χ2v) is 10.5. The van der Waals surface area contributed by atoms with Gasteiger partial charge in [-0.3, -0.25) is 14.9 Å². The smallest absolute Gasteiger partial charge is 0.235 e. The number of hydrogen-bond donors (Lipinski definition) is 2. The first kappa shape index (κ1) is 21.4. The molecule has 5 nitrogen and oxygen atoms in total. The van der Waals surface area contributed by atoms with Crippen molar-refractivity contribution < 1.29 is 9.59 Å².